The fraction of sp³-hybridized carbons (Fsp3) is 0.333. The van der Waals surface area contributed by atoms with Crippen molar-refractivity contribution in [3.63, 3.8) is 0 Å². The van der Waals surface area contributed by atoms with E-state index < -0.39 is 5.97 Å². The normalized spacial score (nSPS) is 15.2. The van der Waals surface area contributed by atoms with Gasteiger partial charge in [-0.2, -0.15) is 0 Å². The largest absolute Gasteiger partial charge is 0.488 e. The Hall–Kier alpha value is -0.850. The molecule has 0 spiro atoms. The zero-order valence-corrected chi connectivity index (χ0v) is 9.39. The fourth-order valence-corrected chi connectivity index (χ4v) is 1.56. The van der Waals surface area contributed by atoms with Crippen LogP contribution in [0.4, 0.5) is 0 Å². The third-order valence-corrected chi connectivity index (χ3v) is 2.62. The summed E-state index contributed by atoms with van der Waals surface area (Å²) in [5, 5.41) is 8.69. The van der Waals surface area contributed by atoms with Crippen molar-refractivity contribution in [2.75, 3.05) is 0 Å². The van der Waals surface area contributed by atoms with Crippen LogP contribution in [0.5, 0.6) is 5.75 Å². The van der Waals surface area contributed by atoms with Gasteiger partial charge in [0.25, 0.3) is 0 Å². The maximum Gasteiger partial charge on any atom is 0.354 e. The van der Waals surface area contributed by atoms with Crippen LogP contribution in [0.25, 0.3) is 0 Å². The van der Waals surface area contributed by atoms with Crippen LogP contribution in [-0.4, -0.2) is 22.2 Å². The molecule has 0 atom stereocenters. The molecular formula is C9H8INO3. The average Bonchev–Trinajstić information content (AvgIpc) is 2.92. The highest BCUT2D eigenvalue weighted by molar-refractivity contribution is 14.1. The van der Waals surface area contributed by atoms with E-state index in [9.17, 15) is 4.79 Å². The van der Waals surface area contributed by atoms with Crippen LogP contribution < -0.4 is 4.74 Å². The van der Waals surface area contributed by atoms with Crippen LogP contribution in [0.1, 0.15) is 23.3 Å². The van der Waals surface area contributed by atoms with Crippen molar-refractivity contribution >= 4 is 28.6 Å². The molecule has 1 fully saturated rings. The summed E-state index contributed by atoms with van der Waals surface area (Å²) in [5.74, 6) is -0.334. The lowest BCUT2D eigenvalue weighted by Gasteiger charge is -2.05. The summed E-state index contributed by atoms with van der Waals surface area (Å²) in [6.07, 6.45) is 2.47. The van der Waals surface area contributed by atoms with E-state index in [1.807, 2.05) is 22.6 Å². The minimum atomic E-state index is -1.01. The van der Waals surface area contributed by atoms with Gasteiger partial charge in [0.05, 0.1) is 6.10 Å². The smallest absolute Gasteiger partial charge is 0.354 e. The molecule has 2 rings (SSSR count). The average molecular weight is 305 g/mol. The van der Waals surface area contributed by atoms with Crippen molar-refractivity contribution in [1.29, 1.82) is 0 Å². The number of hydrogen-bond acceptors (Lipinski definition) is 3. The molecule has 0 saturated heterocycles. The van der Waals surface area contributed by atoms with Crippen LogP contribution in [0.2, 0.25) is 0 Å². The summed E-state index contributed by atoms with van der Waals surface area (Å²) >= 11 is 1.98. The number of aromatic carboxylic acids is 1. The van der Waals surface area contributed by atoms with Gasteiger partial charge in [0.2, 0.25) is 0 Å². The first-order valence-electron chi connectivity index (χ1n) is 4.23. The third kappa shape index (κ3) is 2.14. The van der Waals surface area contributed by atoms with E-state index in [0.29, 0.717) is 15.6 Å². The first-order chi connectivity index (χ1) is 6.66. The minimum Gasteiger partial charge on any atom is -0.488 e. The number of ether oxygens (including phenoxy) is 1. The number of aromatic nitrogens is 1. The van der Waals surface area contributed by atoms with Crippen molar-refractivity contribution < 1.29 is 14.6 Å². The third-order valence-electron chi connectivity index (χ3n) is 1.85. The Morgan fingerprint density at radius 3 is 2.79 bits per heavy atom. The number of carbonyl (C=O) groups is 1. The van der Waals surface area contributed by atoms with Crippen molar-refractivity contribution in [3.8, 4) is 5.75 Å². The quantitative estimate of drug-likeness (QED) is 0.685. The lowest BCUT2D eigenvalue weighted by molar-refractivity contribution is 0.0690. The molecule has 1 aromatic heterocycles. The summed E-state index contributed by atoms with van der Waals surface area (Å²) in [4.78, 5) is 14.5. The van der Waals surface area contributed by atoms with E-state index >= 15 is 0 Å². The van der Waals surface area contributed by atoms with Gasteiger partial charge in [-0.3, -0.25) is 0 Å². The number of hydrogen-bond donors (Lipinski definition) is 1. The number of carboxylic acids is 1. The van der Waals surface area contributed by atoms with Crippen LogP contribution in [0.3, 0.4) is 0 Å². The van der Waals surface area contributed by atoms with Gasteiger partial charge in [0.1, 0.15) is 9.39 Å². The molecule has 1 aliphatic rings. The van der Waals surface area contributed by atoms with Gasteiger partial charge in [-0.25, -0.2) is 9.78 Å². The van der Waals surface area contributed by atoms with Crippen LogP contribution in [0, 0.1) is 3.70 Å². The highest BCUT2D eigenvalue weighted by Crippen LogP contribution is 2.29. The van der Waals surface area contributed by atoms with Gasteiger partial charge in [-0.05, 0) is 47.6 Å². The molecule has 74 valence electrons. The Bertz CT molecular complexity index is 376. The first-order valence-corrected chi connectivity index (χ1v) is 5.31. The second-order valence-corrected chi connectivity index (χ2v) is 4.13. The molecule has 14 heavy (non-hydrogen) atoms. The van der Waals surface area contributed by atoms with Gasteiger partial charge in [-0.15, -0.1) is 0 Å². The van der Waals surface area contributed by atoms with Crippen LogP contribution in [-0.2, 0) is 0 Å². The van der Waals surface area contributed by atoms with Crippen molar-refractivity contribution in [1.82, 2.24) is 4.98 Å². The summed E-state index contributed by atoms with van der Waals surface area (Å²) in [7, 11) is 0. The highest BCUT2D eigenvalue weighted by Gasteiger charge is 2.24. The number of nitrogens with zero attached hydrogens (tertiary/aromatic N) is 1. The molecule has 0 aliphatic heterocycles. The molecule has 1 saturated carbocycles. The van der Waals surface area contributed by atoms with E-state index in [0.717, 1.165) is 12.8 Å². The zero-order valence-electron chi connectivity index (χ0n) is 7.24. The van der Waals surface area contributed by atoms with E-state index in [1.54, 1.807) is 6.07 Å². The Balaban J connectivity index is 2.21. The SMILES string of the molecule is O=C(O)c1ccc(OC2CC2)c(I)n1. The second kappa shape index (κ2) is 3.72. The monoisotopic (exact) mass is 305 g/mol. The van der Waals surface area contributed by atoms with Crippen LogP contribution in [0.15, 0.2) is 12.1 Å². The van der Waals surface area contributed by atoms with E-state index in [1.165, 1.54) is 6.07 Å². The van der Waals surface area contributed by atoms with Crippen molar-refractivity contribution in [2.24, 2.45) is 0 Å². The first kappa shape index (κ1) is 9.70. The topological polar surface area (TPSA) is 59.4 Å². The highest BCUT2D eigenvalue weighted by atomic mass is 127. The molecule has 1 aromatic rings. The number of pyridine rings is 1. The van der Waals surface area contributed by atoms with Gasteiger partial charge in [0.15, 0.2) is 5.75 Å². The maximum absolute atomic E-state index is 10.6. The van der Waals surface area contributed by atoms with Gasteiger partial charge < -0.3 is 9.84 Å². The summed E-state index contributed by atoms with van der Waals surface area (Å²) in [6.45, 7) is 0. The van der Waals surface area contributed by atoms with Crippen LogP contribution >= 0.6 is 22.6 Å². The number of halogens is 1. The Morgan fingerprint density at radius 2 is 2.29 bits per heavy atom. The summed E-state index contributed by atoms with van der Waals surface area (Å²) in [6, 6.07) is 3.12. The molecule has 1 aliphatic carbocycles. The Morgan fingerprint density at radius 1 is 1.57 bits per heavy atom. The molecule has 0 amide bonds. The predicted molar refractivity (Wildman–Crippen MR) is 57.6 cm³/mol. The molecule has 0 aromatic carbocycles. The van der Waals surface area contributed by atoms with Crippen molar-refractivity contribution in [2.45, 2.75) is 18.9 Å². The van der Waals surface area contributed by atoms with Gasteiger partial charge in [-0.1, -0.05) is 0 Å². The number of carboxylic acid groups (broad SMARTS) is 1. The molecule has 1 N–H and O–H groups in total. The molecular weight excluding hydrogens is 297 g/mol. The molecule has 0 unspecified atom stereocenters. The Kier molecular flexibility index (Phi) is 2.58. The lowest BCUT2D eigenvalue weighted by atomic mass is 10.3. The molecule has 1 heterocycles. The van der Waals surface area contributed by atoms with E-state index in [2.05, 4.69) is 4.98 Å². The van der Waals surface area contributed by atoms with E-state index in [4.69, 9.17) is 9.84 Å². The Labute approximate surface area is 94.4 Å². The minimum absolute atomic E-state index is 0.0533. The number of rotatable bonds is 3. The summed E-state index contributed by atoms with van der Waals surface area (Å²) in [5.41, 5.74) is 0.0533. The molecule has 4 nitrogen and oxygen atoms in total. The summed E-state index contributed by atoms with van der Waals surface area (Å²) < 4.78 is 6.13. The van der Waals surface area contributed by atoms with Gasteiger partial charge in [0, 0.05) is 0 Å². The van der Waals surface area contributed by atoms with Crippen molar-refractivity contribution in [3.05, 3.63) is 21.5 Å². The molecule has 0 bridgehead atoms. The standard InChI is InChI=1S/C9H8INO3/c10-8-7(14-5-1-2-5)4-3-6(11-8)9(12)13/h3-5H,1-2H2,(H,12,13). The second-order valence-electron chi connectivity index (χ2n) is 3.11. The maximum atomic E-state index is 10.6. The molecule has 0 radical (unpaired) electrons. The van der Waals surface area contributed by atoms with E-state index in [-0.39, 0.29) is 5.69 Å². The van der Waals surface area contributed by atoms with Gasteiger partial charge >= 0.3 is 5.97 Å². The molecule has 5 heteroatoms. The fourth-order valence-electron chi connectivity index (χ4n) is 0.994. The zero-order chi connectivity index (χ0) is 10.1. The predicted octanol–water partition coefficient (Wildman–Crippen LogP) is 1.93. The lowest BCUT2D eigenvalue weighted by Crippen LogP contribution is -2.04.